The number of carbonyl (C=O) groups is 4. The molecule has 0 bridgehead atoms. The maximum Gasteiger partial charge on any atom is 0.238 e. The number of ketones is 2. The first kappa shape index (κ1) is 35.0. The molecule has 6 atom stereocenters. The number of para-hydroxylation sites is 2. The Hall–Kier alpha value is -7.19. The zero-order valence-corrected chi connectivity index (χ0v) is 31.7. The van der Waals surface area contributed by atoms with Crippen molar-refractivity contribution in [3.05, 3.63) is 180 Å². The molecule has 2 amide bonds. The third-order valence-electron chi connectivity index (χ3n) is 13.3. The molecule has 8 nitrogen and oxygen atoms in total. The molecule has 286 valence electrons. The molecule has 8 heteroatoms. The van der Waals surface area contributed by atoms with Crippen LogP contribution in [-0.2, 0) is 24.6 Å². The van der Waals surface area contributed by atoms with E-state index in [-0.39, 0.29) is 35.6 Å². The zero-order valence-electron chi connectivity index (χ0n) is 31.7. The van der Waals surface area contributed by atoms with Gasteiger partial charge in [0.2, 0.25) is 17.7 Å². The highest BCUT2D eigenvalue weighted by atomic mass is 16.3. The zero-order chi connectivity index (χ0) is 40.0. The van der Waals surface area contributed by atoms with Crippen LogP contribution in [0.5, 0.6) is 5.75 Å². The minimum Gasteiger partial charge on any atom is -0.507 e. The van der Waals surface area contributed by atoms with Gasteiger partial charge in [0.05, 0.1) is 22.9 Å². The summed E-state index contributed by atoms with van der Waals surface area (Å²) >= 11 is 0. The first-order valence-corrected chi connectivity index (χ1v) is 20.0. The van der Waals surface area contributed by atoms with Crippen molar-refractivity contribution in [2.45, 2.75) is 24.2 Å². The van der Waals surface area contributed by atoms with Gasteiger partial charge in [-0.1, -0.05) is 115 Å². The number of phenolic OH excluding ortho intramolecular Hbond substituents is 1. The van der Waals surface area contributed by atoms with Gasteiger partial charge in [0, 0.05) is 28.4 Å². The van der Waals surface area contributed by atoms with E-state index in [1.54, 1.807) is 30.3 Å². The highest BCUT2D eigenvalue weighted by Gasteiger charge is 2.66. The highest BCUT2D eigenvalue weighted by Crippen LogP contribution is 2.64. The van der Waals surface area contributed by atoms with Gasteiger partial charge in [0.15, 0.2) is 17.1 Å². The van der Waals surface area contributed by atoms with E-state index in [1.165, 1.54) is 11.0 Å². The molecular formula is C51H36N2O6. The SMILES string of the molecule is O=C1C(c2ccccc2)=CC(=O)[C@@]2(c3ccccc3)[C@@H](c3ccc(O)c4ccccc34)C3=CC[C@@H]4C(=O)N(c5ccc(-c6nc7ccccc7o6)cc5)C(=O)[C@@H]4[C@@H]3C[C@@H]12. The Balaban J connectivity index is 1.07. The molecule has 6 aromatic carbocycles. The average Bonchev–Trinajstić information content (AvgIpc) is 3.83. The van der Waals surface area contributed by atoms with E-state index in [1.807, 2.05) is 115 Å². The molecule has 0 spiro atoms. The number of amides is 2. The molecular weight excluding hydrogens is 737 g/mol. The number of Topliss-reactive ketones (excluding diaryl/α,β-unsaturated/α-hetero) is 1. The number of allylic oxidation sites excluding steroid dienone is 4. The molecule has 1 aromatic heterocycles. The van der Waals surface area contributed by atoms with Gasteiger partial charge < -0.3 is 9.52 Å². The topological polar surface area (TPSA) is 118 Å². The highest BCUT2D eigenvalue weighted by molar-refractivity contribution is 6.32. The predicted molar refractivity (Wildman–Crippen MR) is 224 cm³/mol. The second-order valence-corrected chi connectivity index (χ2v) is 16.1. The van der Waals surface area contributed by atoms with Crippen molar-refractivity contribution in [3.63, 3.8) is 0 Å². The average molecular weight is 773 g/mol. The van der Waals surface area contributed by atoms with Gasteiger partial charge in [-0.2, -0.15) is 0 Å². The molecule has 7 aromatic rings. The number of imide groups is 1. The maximum absolute atomic E-state index is 15.5. The molecule has 1 saturated heterocycles. The van der Waals surface area contributed by atoms with Gasteiger partial charge >= 0.3 is 0 Å². The Kier molecular flexibility index (Phi) is 7.82. The molecule has 1 N–H and O–H groups in total. The molecule has 4 aliphatic rings. The molecule has 0 radical (unpaired) electrons. The van der Waals surface area contributed by atoms with Crippen molar-refractivity contribution in [1.29, 1.82) is 0 Å². The number of benzene rings is 6. The smallest absolute Gasteiger partial charge is 0.238 e. The van der Waals surface area contributed by atoms with Crippen molar-refractivity contribution in [2.75, 3.05) is 4.90 Å². The van der Waals surface area contributed by atoms with E-state index in [0.29, 0.717) is 51.2 Å². The molecule has 3 aliphatic carbocycles. The summed E-state index contributed by atoms with van der Waals surface area (Å²) in [5.41, 5.74) is 4.54. The predicted octanol–water partition coefficient (Wildman–Crippen LogP) is 9.38. The number of carbonyl (C=O) groups excluding carboxylic acids is 4. The van der Waals surface area contributed by atoms with Crippen LogP contribution in [0.1, 0.15) is 35.4 Å². The fourth-order valence-corrected chi connectivity index (χ4v) is 10.8. The van der Waals surface area contributed by atoms with Gasteiger partial charge in [-0.25, -0.2) is 4.98 Å². The van der Waals surface area contributed by atoms with Crippen LogP contribution in [0.25, 0.3) is 38.9 Å². The van der Waals surface area contributed by atoms with Gasteiger partial charge in [0.1, 0.15) is 11.3 Å². The first-order valence-electron chi connectivity index (χ1n) is 20.0. The lowest BCUT2D eigenvalue weighted by atomic mass is 9.44. The minimum atomic E-state index is -1.38. The molecule has 2 fully saturated rings. The summed E-state index contributed by atoms with van der Waals surface area (Å²) < 4.78 is 5.98. The third kappa shape index (κ3) is 5.05. The quantitative estimate of drug-likeness (QED) is 0.137. The Morgan fingerprint density at radius 2 is 1.37 bits per heavy atom. The molecule has 1 saturated carbocycles. The number of rotatable bonds is 5. The van der Waals surface area contributed by atoms with Gasteiger partial charge in [-0.15, -0.1) is 0 Å². The number of fused-ring (bicyclic) bond motifs is 6. The lowest BCUT2D eigenvalue weighted by molar-refractivity contribution is -0.134. The largest absolute Gasteiger partial charge is 0.507 e. The lowest BCUT2D eigenvalue weighted by Gasteiger charge is -2.55. The summed E-state index contributed by atoms with van der Waals surface area (Å²) in [6.45, 7) is 0. The lowest BCUT2D eigenvalue weighted by Crippen LogP contribution is -2.58. The van der Waals surface area contributed by atoms with Crippen LogP contribution in [0.2, 0.25) is 0 Å². The van der Waals surface area contributed by atoms with Crippen LogP contribution in [0.15, 0.2) is 168 Å². The Bertz CT molecular complexity index is 2930. The molecule has 59 heavy (non-hydrogen) atoms. The molecule has 1 aliphatic heterocycles. The van der Waals surface area contributed by atoms with Gasteiger partial charge in [-0.3, -0.25) is 24.1 Å². The van der Waals surface area contributed by atoms with Crippen LogP contribution >= 0.6 is 0 Å². The van der Waals surface area contributed by atoms with Gasteiger partial charge in [0.25, 0.3) is 0 Å². The monoisotopic (exact) mass is 772 g/mol. The second kappa shape index (κ2) is 13.2. The molecule has 0 unspecified atom stereocenters. The fourth-order valence-electron chi connectivity index (χ4n) is 10.8. The maximum atomic E-state index is 15.5. The standard InChI is InChI=1S/C51H36N2O6/c54-42-26-25-35(33-15-7-8-16-34(33)42)46-36-23-24-37-45(50(58)53(49(37)57)32-21-19-30(20-22-32)48-52-41-17-9-10-18-43(41)59-48)39(36)27-40-47(56)38(29-11-3-1-4-12-29)28-44(55)51(40,46)31-13-5-2-6-14-31/h1-23,25-26,28,37,39-40,45-46,54H,24,27H2/t37-,39+,40-,45-,46-,51-/m0/s1. The van der Waals surface area contributed by atoms with Crippen molar-refractivity contribution < 1.29 is 28.7 Å². The Labute approximate surface area is 339 Å². The van der Waals surface area contributed by atoms with Crippen LogP contribution in [0, 0.1) is 23.7 Å². The van der Waals surface area contributed by atoms with Crippen molar-refractivity contribution in [2.24, 2.45) is 23.7 Å². The normalized spacial score (nSPS) is 25.1. The van der Waals surface area contributed by atoms with Gasteiger partial charge in [-0.05, 0) is 89.4 Å². The number of phenols is 1. The summed E-state index contributed by atoms with van der Waals surface area (Å²) in [5, 5.41) is 12.5. The summed E-state index contributed by atoms with van der Waals surface area (Å²) in [4.78, 5) is 66.1. The number of hydrogen-bond acceptors (Lipinski definition) is 7. The van der Waals surface area contributed by atoms with E-state index in [2.05, 4.69) is 11.1 Å². The van der Waals surface area contributed by atoms with E-state index in [0.717, 1.165) is 22.0 Å². The van der Waals surface area contributed by atoms with Crippen LogP contribution in [-0.4, -0.2) is 33.5 Å². The van der Waals surface area contributed by atoms with Crippen molar-refractivity contribution in [3.8, 4) is 17.2 Å². The summed E-state index contributed by atoms with van der Waals surface area (Å²) in [6, 6.07) is 44.5. The summed E-state index contributed by atoms with van der Waals surface area (Å²) in [5.74, 6) is -3.92. The molecule has 2 heterocycles. The summed E-state index contributed by atoms with van der Waals surface area (Å²) in [7, 11) is 0. The third-order valence-corrected chi connectivity index (χ3v) is 13.3. The first-order chi connectivity index (χ1) is 28.8. The number of aromatic hydroxyl groups is 1. The fraction of sp³-hybridized carbons (Fsp3) is 0.157. The van der Waals surface area contributed by atoms with Crippen molar-refractivity contribution >= 4 is 56.5 Å². The van der Waals surface area contributed by atoms with Crippen LogP contribution < -0.4 is 4.90 Å². The number of anilines is 1. The van der Waals surface area contributed by atoms with E-state index in [9.17, 15) is 14.7 Å². The van der Waals surface area contributed by atoms with Crippen LogP contribution in [0.3, 0.4) is 0 Å². The van der Waals surface area contributed by atoms with E-state index >= 15 is 9.59 Å². The second-order valence-electron chi connectivity index (χ2n) is 16.1. The number of oxazole rings is 1. The van der Waals surface area contributed by atoms with E-state index < -0.39 is 35.0 Å². The Morgan fingerprint density at radius 1 is 0.678 bits per heavy atom. The number of nitrogens with zero attached hydrogens (tertiary/aromatic N) is 2. The Morgan fingerprint density at radius 3 is 2.14 bits per heavy atom. The minimum absolute atomic E-state index is 0.103. The summed E-state index contributed by atoms with van der Waals surface area (Å²) in [6.07, 6.45) is 4.10. The van der Waals surface area contributed by atoms with Crippen molar-refractivity contribution in [1.82, 2.24) is 4.98 Å². The molecule has 11 rings (SSSR count). The number of aromatic nitrogens is 1. The van der Waals surface area contributed by atoms with Crippen LogP contribution in [0.4, 0.5) is 5.69 Å². The number of hydrogen-bond donors (Lipinski definition) is 1. The van der Waals surface area contributed by atoms with E-state index in [4.69, 9.17) is 4.42 Å².